The average Bonchev–Trinajstić information content (AvgIpc) is 2.16. The van der Waals surface area contributed by atoms with Gasteiger partial charge in [0.1, 0.15) is 0 Å². The van der Waals surface area contributed by atoms with E-state index in [4.69, 9.17) is 18.0 Å². The molecule has 0 aliphatic carbocycles. The number of rotatable bonds is 7. The standard InChI is InChI=1S/C10H21N3OS/c1-8(7-9(11)15)13(3)6-4-5-10(14)12-2/h8H,4-7H2,1-3H3,(H2,11,15)(H,12,14). The van der Waals surface area contributed by atoms with E-state index >= 15 is 0 Å². The first-order chi connectivity index (χ1) is 6.97. The lowest BCUT2D eigenvalue weighted by atomic mass is 10.2. The molecule has 88 valence electrons. The van der Waals surface area contributed by atoms with Crippen molar-refractivity contribution < 1.29 is 4.79 Å². The Hall–Kier alpha value is -0.680. The van der Waals surface area contributed by atoms with Gasteiger partial charge >= 0.3 is 0 Å². The molecule has 3 N–H and O–H groups in total. The number of nitrogens with zero attached hydrogens (tertiary/aromatic N) is 1. The first-order valence-corrected chi connectivity index (χ1v) is 5.57. The van der Waals surface area contributed by atoms with Crippen molar-refractivity contribution in [2.45, 2.75) is 32.2 Å². The summed E-state index contributed by atoms with van der Waals surface area (Å²) in [5.74, 6) is 0.0883. The monoisotopic (exact) mass is 231 g/mol. The third kappa shape index (κ3) is 7.27. The zero-order valence-electron chi connectivity index (χ0n) is 9.75. The predicted octanol–water partition coefficient (Wildman–Crippen LogP) is 0.509. The minimum atomic E-state index is 0.0883. The molecule has 0 aromatic carbocycles. The molecule has 1 atom stereocenters. The minimum Gasteiger partial charge on any atom is -0.393 e. The summed E-state index contributed by atoms with van der Waals surface area (Å²) in [6.45, 7) is 2.97. The van der Waals surface area contributed by atoms with Crippen LogP contribution in [0.1, 0.15) is 26.2 Å². The van der Waals surface area contributed by atoms with Gasteiger partial charge in [0.05, 0.1) is 4.99 Å². The van der Waals surface area contributed by atoms with Crippen LogP contribution < -0.4 is 11.1 Å². The lowest BCUT2D eigenvalue weighted by Crippen LogP contribution is -2.33. The summed E-state index contributed by atoms with van der Waals surface area (Å²) in [6.07, 6.45) is 2.16. The highest BCUT2D eigenvalue weighted by Gasteiger charge is 2.10. The van der Waals surface area contributed by atoms with Crippen LogP contribution in [-0.4, -0.2) is 42.5 Å². The van der Waals surface area contributed by atoms with E-state index in [-0.39, 0.29) is 5.91 Å². The van der Waals surface area contributed by atoms with E-state index in [2.05, 4.69) is 17.1 Å². The first kappa shape index (κ1) is 14.3. The van der Waals surface area contributed by atoms with Crippen LogP contribution in [0.3, 0.4) is 0 Å². The molecule has 15 heavy (non-hydrogen) atoms. The number of nitrogens with two attached hydrogens (primary N) is 1. The van der Waals surface area contributed by atoms with Gasteiger partial charge in [-0.1, -0.05) is 12.2 Å². The maximum atomic E-state index is 11.0. The number of carbonyl (C=O) groups excluding carboxylic acids is 1. The number of nitrogens with one attached hydrogen (secondary N) is 1. The van der Waals surface area contributed by atoms with E-state index < -0.39 is 0 Å². The van der Waals surface area contributed by atoms with Gasteiger partial charge in [-0.3, -0.25) is 4.79 Å². The van der Waals surface area contributed by atoms with Crippen molar-refractivity contribution >= 4 is 23.1 Å². The molecule has 0 saturated heterocycles. The molecule has 0 aliphatic heterocycles. The summed E-state index contributed by atoms with van der Waals surface area (Å²) >= 11 is 4.85. The average molecular weight is 231 g/mol. The van der Waals surface area contributed by atoms with Crippen LogP contribution in [0.4, 0.5) is 0 Å². The third-order valence-electron chi connectivity index (χ3n) is 2.44. The topological polar surface area (TPSA) is 58.4 Å². The second kappa shape index (κ2) is 7.59. The van der Waals surface area contributed by atoms with E-state index in [1.165, 1.54) is 0 Å². The molecule has 1 amide bonds. The molecule has 0 fully saturated rings. The van der Waals surface area contributed by atoms with Crippen molar-refractivity contribution in [2.75, 3.05) is 20.6 Å². The highest BCUT2D eigenvalue weighted by molar-refractivity contribution is 7.80. The molecule has 0 aromatic heterocycles. The predicted molar refractivity (Wildman–Crippen MR) is 66.8 cm³/mol. The first-order valence-electron chi connectivity index (χ1n) is 5.16. The Morgan fingerprint density at radius 3 is 2.67 bits per heavy atom. The summed E-state index contributed by atoms with van der Waals surface area (Å²) in [6, 6.07) is 0.340. The highest BCUT2D eigenvalue weighted by Crippen LogP contribution is 2.03. The Kier molecular flexibility index (Phi) is 7.25. The number of carbonyl (C=O) groups is 1. The van der Waals surface area contributed by atoms with Crippen LogP contribution in [0.15, 0.2) is 0 Å². The van der Waals surface area contributed by atoms with Crippen LogP contribution in [0.25, 0.3) is 0 Å². The van der Waals surface area contributed by atoms with Gasteiger partial charge in [0.15, 0.2) is 0 Å². The summed E-state index contributed by atoms with van der Waals surface area (Å²) < 4.78 is 0. The van der Waals surface area contributed by atoms with E-state index in [0.717, 1.165) is 19.4 Å². The molecule has 0 rings (SSSR count). The molecule has 0 spiro atoms. The third-order valence-corrected chi connectivity index (χ3v) is 2.61. The molecule has 0 saturated carbocycles. The van der Waals surface area contributed by atoms with Crippen LogP contribution in [0, 0.1) is 0 Å². The van der Waals surface area contributed by atoms with E-state index in [1.54, 1.807) is 7.05 Å². The number of hydrogen-bond donors (Lipinski definition) is 2. The molecular formula is C10H21N3OS. The van der Waals surface area contributed by atoms with Crippen molar-refractivity contribution in [3.8, 4) is 0 Å². The van der Waals surface area contributed by atoms with E-state index in [1.807, 2.05) is 7.05 Å². The maximum absolute atomic E-state index is 11.0. The van der Waals surface area contributed by atoms with Crippen molar-refractivity contribution in [1.82, 2.24) is 10.2 Å². The van der Waals surface area contributed by atoms with Gasteiger partial charge in [0, 0.05) is 25.9 Å². The van der Waals surface area contributed by atoms with Gasteiger partial charge in [-0.05, 0) is 26.9 Å². The van der Waals surface area contributed by atoms with Crippen molar-refractivity contribution in [2.24, 2.45) is 5.73 Å². The van der Waals surface area contributed by atoms with Gasteiger partial charge in [-0.2, -0.15) is 0 Å². The van der Waals surface area contributed by atoms with Gasteiger partial charge in [-0.25, -0.2) is 0 Å². The Morgan fingerprint density at radius 1 is 1.60 bits per heavy atom. The van der Waals surface area contributed by atoms with E-state index in [0.29, 0.717) is 17.5 Å². The maximum Gasteiger partial charge on any atom is 0.219 e. The Bertz CT molecular complexity index is 221. The fourth-order valence-electron chi connectivity index (χ4n) is 1.28. The zero-order valence-corrected chi connectivity index (χ0v) is 10.6. The lowest BCUT2D eigenvalue weighted by molar-refractivity contribution is -0.120. The molecular weight excluding hydrogens is 210 g/mol. The second-order valence-corrected chi connectivity index (χ2v) is 4.30. The Labute approximate surface area is 97.2 Å². The van der Waals surface area contributed by atoms with E-state index in [9.17, 15) is 4.79 Å². The quantitative estimate of drug-likeness (QED) is 0.627. The molecule has 0 radical (unpaired) electrons. The Morgan fingerprint density at radius 2 is 2.20 bits per heavy atom. The van der Waals surface area contributed by atoms with Crippen LogP contribution >= 0.6 is 12.2 Å². The SMILES string of the molecule is CNC(=O)CCCN(C)C(C)CC(N)=S. The lowest BCUT2D eigenvalue weighted by Gasteiger charge is -2.23. The molecule has 5 heteroatoms. The van der Waals surface area contributed by atoms with Crippen molar-refractivity contribution in [3.05, 3.63) is 0 Å². The number of amides is 1. The Balaban J connectivity index is 3.68. The molecule has 0 heterocycles. The molecule has 0 aromatic rings. The summed E-state index contributed by atoms with van der Waals surface area (Å²) in [5.41, 5.74) is 5.47. The normalized spacial score (nSPS) is 12.5. The summed E-state index contributed by atoms with van der Waals surface area (Å²) in [7, 11) is 3.67. The number of thiocarbonyl (C=S) groups is 1. The smallest absolute Gasteiger partial charge is 0.219 e. The zero-order chi connectivity index (χ0) is 11.8. The molecule has 4 nitrogen and oxygen atoms in total. The fourth-order valence-corrected chi connectivity index (χ4v) is 1.52. The highest BCUT2D eigenvalue weighted by atomic mass is 32.1. The van der Waals surface area contributed by atoms with Crippen LogP contribution in [0.5, 0.6) is 0 Å². The summed E-state index contributed by atoms with van der Waals surface area (Å²) in [5, 5.41) is 2.60. The summed E-state index contributed by atoms with van der Waals surface area (Å²) in [4.78, 5) is 13.7. The fraction of sp³-hybridized carbons (Fsp3) is 0.800. The van der Waals surface area contributed by atoms with Crippen LogP contribution in [0.2, 0.25) is 0 Å². The van der Waals surface area contributed by atoms with Crippen molar-refractivity contribution in [3.63, 3.8) is 0 Å². The van der Waals surface area contributed by atoms with Crippen LogP contribution in [-0.2, 0) is 4.79 Å². The second-order valence-electron chi connectivity index (χ2n) is 3.78. The molecule has 0 bridgehead atoms. The number of hydrogen-bond acceptors (Lipinski definition) is 3. The van der Waals surface area contributed by atoms with Gasteiger partial charge in [-0.15, -0.1) is 0 Å². The molecule has 1 unspecified atom stereocenters. The minimum absolute atomic E-state index is 0.0883. The largest absolute Gasteiger partial charge is 0.393 e. The van der Waals surface area contributed by atoms with Gasteiger partial charge < -0.3 is 16.0 Å². The van der Waals surface area contributed by atoms with Gasteiger partial charge in [0.25, 0.3) is 0 Å². The van der Waals surface area contributed by atoms with Gasteiger partial charge in [0.2, 0.25) is 5.91 Å². The molecule has 0 aliphatic rings. The van der Waals surface area contributed by atoms with Crippen molar-refractivity contribution in [1.29, 1.82) is 0 Å².